The Kier molecular flexibility index (Phi) is 2.70. The fourth-order valence-corrected chi connectivity index (χ4v) is 2.32. The minimum absolute atomic E-state index is 0.395. The van der Waals surface area contributed by atoms with Gasteiger partial charge in [0.05, 0.1) is 7.11 Å². The van der Waals surface area contributed by atoms with Gasteiger partial charge in [-0.15, -0.1) is 0 Å². The summed E-state index contributed by atoms with van der Waals surface area (Å²) in [6, 6.07) is 6.51. The molecule has 1 aromatic rings. The molecule has 0 amide bonds. The van der Waals surface area contributed by atoms with Crippen molar-refractivity contribution in [1.82, 2.24) is 0 Å². The lowest BCUT2D eigenvalue weighted by atomic mass is 9.91. The minimum atomic E-state index is 0.395. The summed E-state index contributed by atoms with van der Waals surface area (Å²) in [5, 5.41) is 0. The second-order valence-electron chi connectivity index (χ2n) is 4.50. The molecule has 1 saturated carbocycles. The first-order chi connectivity index (χ1) is 7.22. The molecule has 1 fully saturated rings. The summed E-state index contributed by atoms with van der Waals surface area (Å²) in [5.74, 6) is 0.974. The molecule has 1 aliphatic rings. The zero-order chi connectivity index (χ0) is 10.9. The highest BCUT2D eigenvalue weighted by Gasteiger charge is 2.43. The van der Waals surface area contributed by atoms with Crippen LogP contribution in [0.3, 0.4) is 0 Å². The van der Waals surface area contributed by atoms with Gasteiger partial charge in [0.25, 0.3) is 0 Å². The van der Waals surface area contributed by atoms with Crippen LogP contribution in [-0.4, -0.2) is 13.7 Å². The smallest absolute Gasteiger partial charge is 0.121 e. The van der Waals surface area contributed by atoms with E-state index in [-0.39, 0.29) is 0 Å². The van der Waals surface area contributed by atoms with Crippen LogP contribution in [0.5, 0.6) is 5.75 Å². The van der Waals surface area contributed by atoms with E-state index < -0.39 is 0 Å². The van der Waals surface area contributed by atoms with Crippen molar-refractivity contribution in [2.45, 2.75) is 31.6 Å². The molecular formula is C13H19NO. The summed E-state index contributed by atoms with van der Waals surface area (Å²) in [4.78, 5) is 0. The molecule has 0 bridgehead atoms. The van der Waals surface area contributed by atoms with Crippen LogP contribution < -0.4 is 10.5 Å². The summed E-state index contributed by atoms with van der Waals surface area (Å²) >= 11 is 0. The highest BCUT2D eigenvalue weighted by molar-refractivity contribution is 5.41. The van der Waals surface area contributed by atoms with Crippen molar-refractivity contribution in [3.63, 3.8) is 0 Å². The Morgan fingerprint density at radius 1 is 1.40 bits per heavy atom. The van der Waals surface area contributed by atoms with E-state index >= 15 is 0 Å². The maximum absolute atomic E-state index is 5.66. The first-order valence-corrected chi connectivity index (χ1v) is 5.57. The van der Waals surface area contributed by atoms with Gasteiger partial charge >= 0.3 is 0 Å². The Labute approximate surface area is 91.4 Å². The number of benzene rings is 1. The summed E-state index contributed by atoms with van der Waals surface area (Å²) in [6.07, 6.45) is 3.69. The van der Waals surface area contributed by atoms with E-state index in [0.29, 0.717) is 5.41 Å². The molecule has 0 radical (unpaired) electrons. The van der Waals surface area contributed by atoms with Crippen molar-refractivity contribution in [3.05, 3.63) is 29.3 Å². The second kappa shape index (κ2) is 3.86. The summed E-state index contributed by atoms with van der Waals surface area (Å²) in [7, 11) is 1.72. The maximum atomic E-state index is 5.66. The van der Waals surface area contributed by atoms with Crippen molar-refractivity contribution in [2.75, 3.05) is 13.7 Å². The van der Waals surface area contributed by atoms with E-state index in [0.717, 1.165) is 18.7 Å². The molecule has 15 heavy (non-hydrogen) atoms. The zero-order valence-electron chi connectivity index (χ0n) is 9.55. The molecule has 0 heterocycles. The van der Waals surface area contributed by atoms with Crippen LogP contribution >= 0.6 is 0 Å². The zero-order valence-corrected chi connectivity index (χ0v) is 9.55. The van der Waals surface area contributed by atoms with Crippen molar-refractivity contribution in [1.29, 1.82) is 0 Å². The van der Waals surface area contributed by atoms with Gasteiger partial charge in [0.2, 0.25) is 0 Å². The Hall–Kier alpha value is -1.02. The first kappa shape index (κ1) is 10.5. The molecule has 82 valence electrons. The Balaban J connectivity index is 2.26. The van der Waals surface area contributed by atoms with Crippen molar-refractivity contribution in [3.8, 4) is 5.75 Å². The Bertz CT molecular complexity index is 356. The summed E-state index contributed by atoms with van der Waals surface area (Å²) in [6.45, 7) is 2.88. The monoisotopic (exact) mass is 205 g/mol. The van der Waals surface area contributed by atoms with Gasteiger partial charge in [-0.2, -0.15) is 0 Å². The fourth-order valence-electron chi connectivity index (χ4n) is 2.32. The van der Waals surface area contributed by atoms with Crippen LogP contribution in [0.2, 0.25) is 0 Å². The number of aryl methyl sites for hydroxylation is 1. The van der Waals surface area contributed by atoms with E-state index in [1.54, 1.807) is 7.11 Å². The number of hydrogen-bond donors (Lipinski definition) is 1. The fraction of sp³-hybridized carbons (Fsp3) is 0.538. The molecule has 0 atom stereocenters. The normalized spacial score (nSPS) is 17.5. The molecule has 2 nitrogen and oxygen atoms in total. The first-order valence-electron chi connectivity index (χ1n) is 5.57. The number of rotatable bonds is 4. The van der Waals surface area contributed by atoms with E-state index in [9.17, 15) is 0 Å². The van der Waals surface area contributed by atoms with Crippen LogP contribution in [0.25, 0.3) is 0 Å². The summed E-state index contributed by atoms with van der Waals surface area (Å²) < 4.78 is 5.27. The SMILES string of the molecule is COc1ccc(C2(CCN)CC2)cc1C. The molecular weight excluding hydrogens is 186 g/mol. The van der Waals surface area contributed by atoms with Gasteiger partial charge in [0.15, 0.2) is 0 Å². The van der Waals surface area contributed by atoms with Crippen LogP contribution in [0.4, 0.5) is 0 Å². The lowest BCUT2D eigenvalue weighted by Crippen LogP contribution is -2.13. The average molecular weight is 205 g/mol. The predicted octanol–water partition coefficient (Wildman–Crippen LogP) is 2.38. The predicted molar refractivity (Wildman–Crippen MR) is 62.3 cm³/mol. The van der Waals surface area contributed by atoms with Gasteiger partial charge < -0.3 is 10.5 Å². The molecule has 0 aromatic heterocycles. The van der Waals surface area contributed by atoms with Crippen LogP contribution in [0.15, 0.2) is 18.2 Å². The summed E-state index contributed by atoms with van der Waals surface area (Å²) in [5.41, 5.74) is 8.71. The van der Waals surface area contributed by atoms with Crippen molar-refractivity contribution < 1.29 is 4.74 Å². The molecule has 2 heteroatoms. The van der Waals surface area contributed by atoms with E-state index in [1.165, 1.54) is 24.0 Å². The standard InChI is InChI=1S/C13H19NO/c1-10-9-11(3-4-12(10)15-2)13(5-6-13)7-8-14/h3-4,9H,5-8,14H2,1-2H3. The number of methoxy groups -OCH3 is 1. The number of ether oxygens (including phenoxy) is 1. The van der Waals surface area contributed by atoms with Gasteiger partial charge in [-0.3, -0.25) is 0 Å². The van der Waals surface area contributed by atoms with Crippen molar-refractivity contribution >= 4 is 0 Å². The lowest BCUT2D eigenvalue weighted by molar-refractivity contribution is 0.411. The third-order valence-corrected chi connectivity index (χ3v) is 3.48. The lowest BCUT2D eigenvalue weighted by Gasteiger charge is -2.16. The number of nitrogens with two attached hydrogens (primary N) is 1. The second-order valence-corrected chi connectivity index (χ2v) is 4.50. The molecule has 2 N–H and O–H groups in total. The maximum Gasteiger partial charge on any atom is 0.121 e. The third kappa shape index (κ3) is 1.86. The minimum Gasteiger partial charge on any atom is -0.496 e. The van der Waals surface area contributed by atoms with Crippen molar-refractivity contribution in [2.24, 2.45) is 5.73 Å². The van der Waals surface area contributed by atoms with E-state index in [2.05, 4.69) is 25.1 Å². The van der Waals surface area contributed by atoms with Gasteiger partial charge in [0.1, 0.15) is 5.75 Å². The highest BCUT2D eigenvalue weighted by atomic mass is 16.5. The van der Waals surface area contributed by atoms with E-state index in [4.69, 9.17) is 10.5 Å². The number of hydrogen-bond acceptors (Lipinski definition) is 2. The Morgan fingerprint density at radius 2 is 2.13 bits per heavy atom. The molecule has 1 aromatic carbocycles. The topological polar surface area (TPSA) is 35.2 Å². The van der Waals surface area contributed by atoms with Gasteiger partial charge in [-0.05, 0) is 55.3 Å². The molecule has 0 spiro atoms. The van der Waals surface area contributed by atoms with Gasteiger partial charge in [-0.25, -0.2) is 0 Å². The van der Waals surface area contributed by atoms with Gasteiger partial charge in [-0.1, -0.05) is 12.1 Å². The van der Waals surface area contributed by atoms with Gasteiger partial charge in [0, 0.05) is 0 Å². The quantitative estimate of drug-likeness (QED) is 0.819. The molecule has 1 aliphatic carbocycles. The molecule has 0 saturated heterocycles. The average Bonchev–Trinajstić information content (AvgIpc) is 2.99. The molecule has 0 unspecified atom stereocenters. The highest BCUT2D eigenvalue weighted by Crippen LogP contribution is 2.51. The van der Waals surface area contributed by atoms with Crippen LogP contribution in [-0.2, 0) is 5.41 Å². The Morgan fingerprint density at radius 3 is 2.60 bits per heavy atom. The van der Waals surface area contributed by atoms with Crippen LogP contribution in [0.1, 0.15) is 30.4 Å². The van der Waals surface area contributed by atoms with Crippen LogP contribution in [0, 0.1) is 6.92 Å². The third-order valence-electron chi connectivity index (χ3n) is 3.48. The largest absolute Gasteiger partial charge is 0.496 e. The molecule has 0 aliphatic heterocycles. The van der Waals surface area contributed by atoms with E-state index in [1.807, 2.05) is 0 Å². The molecule has 2 rings (SSSR count).